The number of hydrogen-bond acceptors (Lipinski definition) is 3. The van der Waals surface area contributed by atoms with Crippen molar-refractivity contribution in [1.29, 1.82) is 0 Å². The van der Waals surface area contributed by atoms with Crippen LogP contribution in [0.3, 0.4) is 0 Å². The Labute approximate surface area is 103 Å². The molecule has 0 heterocycles. The second kappa shape index (κ2) is 8.01. The molecular weight excluding hydrogens is 214 g/mol. The van der Waals surface area contributed by atoms with Gasteiger partial charge in [-0.05, 0) is 18.1 Å². The van der Waals surface area contributed by atoms with Crippen molar-refractivity contribution in [2.45, 2.75) is 20.1 Å². The lowest BCUT2D eigenvalue weighted by molar-refractivity contribution is 0.158. The Bertz CT molecular complexity index is 333. The van der Waals surface area contributed by atoms with Crippen molar-refractivity contribution in [3.05, 3.63) is 47.5 Å². The minimum atomic E-state index is 0.0997. The molecule has 3 heteroatoms. The molecule has 0 radical (unpaired) electrons. The van der Waals surface area contributed by atoms with Crippen molar-refractivity contribution < 1.29 is 9.84 Å². The molecule has 94 valence electrons. The number of rotatable bonds is 8. The quantitative estimate of drug-likeness (QED) is 0.534. The van der Waals surface area contributed by atoms with Crippen LogP contribution in [0.4, 0.5) is 0 Å². The highest BCUT2D eigenvalue weighted by molar-refractivity contribution is 5.21. The molecule has 17 heavy (non-hydrogen) atoms. The van der Waals surface area contributed by atoms with Crippen molar-refractivity contribution in [3.63, 3.8) is 0 Å². The van der Waals surface area contributed by atoms with E-state index >= 15 is 0 Å². The van der Waals surface area contributed by atoms with Gasteiger partial charge in [-0.2, -0.15) is 0 Å². The Morgan fingerprint density at radius 2 is 1.94 bits per heavy atom. The lowest BCUT2D eigenvalue weighted by Crippen LogP contribution is -2.19. The number of aliphatic hydroxyl groups excluding tert-OH is 1. The summed E-state index contributed by atoms with van der Waals surface area (Å²) in [5.74, 6) is 0. The van der Waals surface area contributed by atoms with E-state index in [2.05, 4.69) is 11.9 Å². The first-order chi connectivity index (χ1) is 8.22. The van der Waals surface area contributed by atoms with Gasteiger partial charge in [0.25, 0.3) is 0 Å². The van der Waals surface area contributed by atoms with E-state index < -0.39 is 0 Å². The Kier molecular flexibility index (Phi) is 6.55. The van der Waals surface area contributed by atoms with Gasteiger partial charge in [0.15, 0.2) is 0 Å². The van der Waals surface area contributed by atoms with Crippen LogP contribution in [0.5, 0.6) is 0 Å². The average molecular weight is 235 g/mol. The molecule has 0 spiro atoms. The zero-order chi connectivity index (χ0) is 12.5. The molecule has 2 N–H and O–H groups in total. The zero-order valence-electron chi connectivity index (χ0n) is 10.4. The fourth-order valence-corrected chi connectivity index (χ4v) is 1.39. The van der Waals surface area contributed by atoms with Crippen LogP contribution in [0.25, 0.3) is 0 Å². The summed E-state index contributed by atoms with van der Waals surface area (Å²) in [6.45, 7) is 8.80. The lowest BCUT2D eigenvalue weighted by Gasteiger charge is -2.06. The molecule has 0 amide bonds. The topological polar surface area (TPSA) is 41.5 Å². The van der Waals surface area contributed by atoms with Crippen LogP contribution in [-0.2, 0) is 17.9 Å². The van der Waals surface area contributed by atoms with E-state index in [4.69, 9.17) is 9.84 Å². The first-order valence-electron chi connectivity index (χ1n) is 5.84. The summed E-state index contributed by atoms with van der Waals surface area (Å²) in [7, 11) is 0. The maximum absolute atomic E-state index is 8.91. The van der Waals surface area contributed by atoms with E-state index in [9.17, 15) is 0 Å². The molecule has 3 nitrogen and oxygen atoms in total. The van der Waals surface area contributed by atoms with Crippen LogP contribution in [0.1, 0.15) is 18.1 Å². The van der Waals surface area contributed by atoms with Crippen LogP contribution in [0, 0.1) is 0 Å². The molecule has 0 saturated carbocycles. The molecule has 0 aliphatic rings. The summed E-state index contributed by atoms with van der Waals surface area (Å²) in [6, 6.07) is 7.92. The molecule has 1 rings (SSSR count). The van der Waals surface area contributed by atoms with Crippen molar-refractivity contribution >= 4 is 0 Å². The highest BCUT2D eigenvalue weighted by Gasteiger charge is 1.94. The van der Waals surface area contributed by atoms with Crippen LogP contribution in [0.15, 0.2) is 36.4 Å². The largest absolute Gasteiger partial charge is 0.392 e. The van der Waals surface area contributed by atoms with Crippen molar-refractivity contribution in [2.24, 2.45) is 0 Å². The van der Waals surface area contributed by atoms with Gasteiger partial charge in [-0.3, -0.25) is 0 Å². The summed E-state index contributed by atoms with van der Waals surface area (Å²) in [6.07, 6.45) is 0. The zero-order valence-corrected chi connectivity index (χ0v) is 10.4. The third-order valence-corrected chi connectivity index (χ3v) is 2.31. The fourth-order valence-electron chi connectivity index (χ4n) is 1.39. The Balaban J connectivity index is 2.11. The fraction of sp³-hybridized carbons (Fsp3) is 0.429. The molecule has 0 aliphatic carbocycles. The molecule has 1 aromatic carbocycles. The summed E-state index contributed by atoms with van der Waals surface area (Å²) in [5.41, 5.74) is 3.20. The molecule has 0 saturated heterocycles. The van der Waals surface area contributed by atoms with Gasteiger partial charge in [0.1, 0.15) is 0 Å². The predicted octanol–water partition coefficient (Wildman–Crippen LogP) is 1.86. The molecule has 0 atom stereocenters. The van der Waals surface area contributed by atoms with Gasteiger partial charge in [0.2, 0.25) is 0 Å². The number of nitrogens with one attached hydrogen (secondary N) is 1. The average Bonchev–Trinajstić information content (AvgIpc) is 2.34. The first-order valence-corrected chi connectivity index (χ1v) is 5.84. The number of ether oxygens (including phenoxy) is 1. The van der Waals surface area contributed by atoms with Crippen LogP contribution in [-0.4, -0.2) is 24.9 Å². The molecule has 0 fully saturated rings. The van der Waals surface area contributed by atoms with Gasteiger partial charge in [-0.1, -0.05) is 36.4 Å². The second-order valence-corrected chi connectivity index (χ2v) is 4.16. The normalized spacial score (nSPS) is 10.5. The van der Waals surface area contributed by atoms with Gasteiger partial charge >= 0.3 is 0 Å². The van der Waals surface area contributed by atoms with Gasteiger partial charge in [0, 0.05) is 13.1 Å². The lowest BCUT2D eigenvalue weighted by atomic mass is 10.1. The standard InChI is InChI=1S/C14H21NO2/c1-12(2)11-17-8-7-15-9-13-3-5-14(10-16)6-4-13/h3-6,15-16H,1,7-11H2,2H3. The van der Waals surface area contributed by atoms with Gasteiger partial charge < -0.3 is 15.2 Å². The van der Waals surface area contributed by atoms with E-state index in [1.54, 1.807) is 0 Å². The second-order valence-electron chi connectivity index (χ2n) is 4.16. The smallest absolute Gasteiger partial charge is 0.0681 e. The third kappa shape index (κ3) is 6.22. The van der Waals surface area contributed by atoms with Gasteiger partial charge in [0.05, 0.1) is 19.8 Å². The third-order valence-electron chi connectivity index (χ3n) is 2.31. The van der Waals surface area contributed by atoms with Crippen LogP contribution in [0.2, 0.25) is 0 Å². The van der Waals surface area contributed by atoms with Crippen molar-refractivity contribution in [3.8, 4) is 0 Å². The minimum Gasteiger partial charge on any atom is -0.392 e. The summed E-state index contributed by atoms with van der Waals surface area (Å²) in [5, 5.41) is 12.2. The number of hydrogen-bond donors (Lipinski definition) is 2. The Morgan fingerprint density at radius 3 is 2.53 bits per heavy atom. The van der Waals surface area contributed by atoms with Crippen LogP contribution < -0.4 is 5.32 Å². The number of aliphatic hydroxyl groups is 1. The number of benzene rings is 1. The summed E-state index contributed by atoms with van der Waals surface area (Å²) in [4.78, 5) is 0. The minimum absolute atomic E-state index is 0.0997. The van der Waals surface area contributed by atoms with Crippen LogP contribution >= 0.6 is 0 Å². The maximum atomic E-state index is 8.91. The Morgan fingerprint density at radius 1 is 1.29 bits per heavy atom. The maximum Gasteiger partial charge on any atom is 0.0681 e. The van der Waals surface area contributed by atoms with Crippen molar-refractivity contribution in [2.75, 3.05) is 19.8 Å². The molecule has 0 bridgehead atoms. The first kappa shape index (κ1) is 13.9. The van der Waals surface area contributed by atoms with E-state index in [-0.39, 0.29) is 6.61 Å². The highest BCUT2D eigenvalue weighted by atomic mass is 16.5. The van der Waals surface area contributed by atoms with E-state index in [0.29, 0.717) is 13.2 Å². The van der Waals surface area contributed by atoms with E-state index in [1.165, 1.54) is 5.56 Å². The molecule has 0 unspecified atom stereocenters. The summed E-state index contributed by atoms with van der Waals surface area (Å²) >= 11 is 0. The summed E-state index contributed by atoms with van der Waals surface area (Å²) < 4.78 is 5.37. The molecular formula is C14H21NO2. The van der Waals surface area contributed by atoms with E-state index in [1.807, 2.05) is 31.2 Å². The van der Waals surface area contributed by atoms with Crippen molar-refractivity contribution in [1.82, 2.24) is 5.32 Å². The highest BCUT2D eigenvalue weighted by Crippen LogP contribution is 2.03. The monoisotopic (exact) mass is 235 g/mol. The molecule has 0 aromatic heterocycles. The predicted molar refractivity (Wildman–Crippen MR) is 69.7 cm³/mol. The SMILES string of the molecule is C=C(C)COCCNCc1ccc(CO)cc1. The van der Waals surface area contributed by atoms with Gasteiger partial charge in [-0.15, -0.1) is 0 Å². The van der Waals surface area contributed by atoms with E-state index in [0.717, 1.165) is 24.2 Å². The molecule has 0 aliphatic heterocycles. The van der Waals surface area contributed by atoms with Gasteiger partial charge in [-0.25, -0.2) is 0 Å². The Hall–Kier alpha value is -1.16. The molecule has 1 aromatic rings.